The van der Waals surface area contributed by atoms with Gasteiger partial charge in [-0.25, -0.2) is 0 Å². The molecule has 7 nitrogen and oxygen atoms in total. The molecular weight excluding hydrogens is 320 g/mol. The third-order valence-electron chi connectivity index (χ3n) is 4.70. The van der Waals surface area contributed by atoms with Crippen LogP contribution in [-0.4, -0.2) is 27.9 Å². The molecule has 0 bridgehead atoms. The highest BCUT2D eigenvalue weighted by molar-refractivity contribution is 5.90. The second kappa shape index (κ2) is 6.88. The number of nitrogens with one attached hydrogen (secondary N) is 1. The van der Waals surface area contributed by atoms with E-state index >= 15 is 0 Å². The summed E-state index contributed by atoms with van der Waals surface area (Å²) < 4.78 is 0. The maximum Gasteiger partial charge on any atom is 0.269 e. The lowest BCUT2D eigenvalue weighted by Gasteiger charge is -2.35. The monoisotopic (exact) mass is 340 g/mol. The van der Waals surface area contributed by atoms with Crippen LogP contribution in [0.4, 0.5) is 11.4 Å². The van der Waals surface area contributed by atoms with Crippen LogP contribution in [0, 0.1) is 10.1 Å². The van der Waals surface area contributed by atoms with Crippen LogP contribution in [-0.2, 0) is 11.3 Å². The normalized spacial score (nSPS) is 19.6. The third kappa shape index (κ3) is 3.45. The third-order valence-corrected chi connectivity index (χ3v) is 4.70. The quantitative estimate of drug-likeness (QED) is 0.668. The van der Waals surface area contributed by atoms with Crippen molar-refractivity contribution in [2.75, 3.05) is 11.4 Å². The number of hydrogen-bond donors (Lipinski definition) is 1. The average molecular weight is 340 g/mol. The molecule has 1 saturated heterocycles. The Kier molecular flexibility index (Phi) is 4.65. The van der Waals surface area contributed by atoms with Crippen LogP contribution < -0.4 is 10.2 Å². The van der Waals surface area contributed by atoms with E-state index < -0.39 is 10.5 Å². The molecule has 3 rings (SSSR count). The van der Waals surface area contributed by atoms with E-state index in [-0.39, 0.29) is 11.6 Å². The molecule has 0 spiro atoms. The highest BCUT2D eigenvalue weighted by atomic mass is 16.6. The standard InChI is InChI=1S/C18H20N4O3/c1-18(9-2-12-21(18)15-7-10-19-11-8-15)17(23)20-13-14-3-5-16(6-4-14)22(24)25/h3-8,10-11H,2,9,12-13H2,1H3,(H,20,23)/t18-/m0/s1. The van der Waals surface area contributed by atoms with Gasteiger partial charge >= 0.3 is 0 Å². The van der Waals surface area contributed by atoms with Crippen LogP contribution in [0.3, 0.4) is 0 Å². The van der Waals surface area contributed by atoms with Crippen LogP contribution in [0.25, 0.3) is 0 Å². The Morgan fingerprint density at radius 1 is 1.28 bits per heavy atom. The number of pyridine rings is 1. The fourth-order valence-corrected chi connectivity index (χ4v) is 3.25. The molecule has 1 aromatic carbocycles. The van der Waals surface area contributed by atoms with Crippen LogP contribution in [0.15, 0.2) is 48.8 Å². The van der Waals surface area contributed by atoms with Gasteiger partial charge in [0.25, 0.3) is 5.69 Å². The number of anilines is 1. The van der Waals surface area contributed by atoms with Gasteiger partial charge in [0.05, 0.1) is 4.92 Å². The molecule has 7 heteroatoms. The number of aromatic nitrogens is 1. The number of nitro benzene ring substituents is 1. The van der Waals surface area contributed by atoms with Crippen molar-refractivity contribution in [3.05, 3.63) is 64.5 Å². The van der Waals surface area contributed by atoms with Crippen molar-refractivity contribution < 1.29 is 9.72 Å². The number of nitro groups is 1. The molecular formula is C18H20N4O3. The van der Waals surface area contributed by atoms with E-state index in [0.717, 1.165) is 30.6 Å². The highest BCUT2D eigenvalue weighted by Gasteiger charge is 2.43. The number of nitrogens with zero attached hydrogens (tertiary/aromatic N) is 3. The Bertz CT molecular complexity index is 764. The molecule has 1 fully saturated rings. The maximum atomic E-state index is 12.8. The van der Waals surface area contributed by atoms with Gasteiger partial charge in [-0.1, -0.05) is 12.1 Å². The van der Waals surface area contributed by atoms with Crippen molar-refractivity contribution in [3.63, 3.8) is 0 Å². The maximum absolute atomic E-state index is 12.8. The summed E-state index contributed by atoms with van der Waals surface area (Å²) in [6.07, 6.45) is 5.18. The van der Waals surface area contributed by atoms with E-state index in [2.05, 4.69) is 15.2 Å². The SMILES string of the molecule is C[C@@]1(C(=O)NCc2ccc([N+](=O)[O-])cc2)CCCN1c1ccncc1. The van der Waals surface area contributed by atoms with Crippen molar-refractivity contribution in [1.29, 1.82) is 0 Å². The molecule has 0 radical (unpaired) electrons. The summed E-state index contributed by atoms with van der Waals surface area (Å²) in [5.41, 5.74) is 1.25. The minimum Gasteiger partial charge on any atom is -0.357 e. The first-order valence-electron chi connectivity index (χ1n) is 8.20. The summed E-state index contributed by atoms with van der Waals surface area (Å²) >= 11 is 0. The summed E-state index contributed by atoms with van der Waals surface area (Å²) in [7, 11) is 0. The molecule has 0 saturated carbocycles. The highest BCUT2D eigenvalue weighted by Crippen LogP contribution is 2.33. The molecule has 1 aliphatic heterocycles. The first kappa shape index (κ1) is 16.9. The summed E-state index contributed by atoms with van der Waals surface area (Å²) in [6.45, 7) is 3.12. The average Bonchev–Trinajstić information content (AvgIpc) is 3.03. The van der Waals surface area contributed by atoms with E-state index in [0.29, 0.717) is 6.54 Å². The van der Waals surface area contributed by atoms with Crippen LogP contribution >= 0.6 is 0 Å². The van der Waals surface area contributed by atoms with Gasteiger partial charge in [0.1, 0.15) is 5.54 Å². The predicted molar refractivity (Wildman–Crippen MR) is 94.2 cm³/mol. The lowest BCUT2D eigenvalue weighted by molar-refractivity contribution is -0.384. The second-order valence-electron chi connectivity index (χ2n) is 6.34. The number of non-ortho nitro benzene ring substituents is 1. The zero-order valence-electron chi connectivity index (χ0n) is 14.0. The van der Waals surface area contributed by atoms with E-state index in [9.17, 15) is 14.9 Å². The number of benzene rings is 1. The fraction of sp³-hybridized carbons (Fsp3) is 0.333. The number of hydrogen-bond acceptors (Lipinski definition) is 5. The molecule has 0 unspecified atom stereocenters. The Morgan fingerprint density at radius 2 is 1.96 bits per heavy atom. The van der Waals surface area contributed by atoms with E-state index in [1.54, 1.807) is 24.5 Å². The molecule has 1 aromatic heterocycles. The van der Waals surface area contributed by atoms with Gasteiger partial charge in [-0.3, -0.25) is 19.9 Å². The zero-order valence-corrected chi connectivity index (χ0v) is 14.0. The van der Waals surface area contributed by atoms with Crippen molar-refractivity contribution in [1.82, 2.24) is 10.3 Å². The number of rotatable bonds is 5. The van der Waals surface area contributed by atoms with E-state index in [4.69, 9.17) is 0 Å². The van der Waals surface area contributed by atoms with Gasteiger partial charge in [0.15, 0.2) is 0 Å². The van der Waals surface area contributed by atoms with Crippen LogP contribution in [0.5, 0.6) is 0 Å². The van der Waals surface area contributed by atoms with Gasteiger partial charge < -0.3 is 10.2 Å². The Hall–Kier alpha value is -2.96. The summed E-state index contributed by atoms with van der Waals surface area (Å²) in [6, 6.07) is 10.0. The number of carbonyl (C=O) groups excluding carboxylic acids is 1. The van der Waals surface area contributed by atoms with Crippen molar-refractivity contribution >= 4 is 17.3 Å². The lowest BCUT2D eigenvalue weighted by Crippen LogP contribution is -2.53. The molecule has 25 heavy (non-hydrogen) atoms. The predicted octanol–water partition coefficient (Wildman–Crippen LogP) is 2.67. The van der Waals surface area contributed by atoms with Crippen LogP contribution in [0.2, 0.25) is 0 Å². The Balaban J connectivity index is 1.68. The lowest BCUT2D eigenvalue weighted by atomic mass is 9.97. The summed E-state index contributed by atoms with van der Waals surface area (Å²) in [5, 5.41) is 13.7. The van der Waals surface area contributed by atoms with Crippen molar-refractivity contribution in [2.24, 2.45) is 0 Å². The topological polar surface area (TPSA) is 88.4 Å². The van der Waals surface area contributed by atoms with Crippen molar-refractivity contribution in [2.45, 2.75) is 31.8 Å². The molecule has 130 valence electrons. The van der Waals surface area contributed by atoms with Gasteiger partial charge in [-0.2, -0.15) is 0 Å². The Morgan fingerprint density at radius 3 is 2.60 bits per heavy atom. The molecule has 2 heterocycles. The molecule has 1 atom stereocenters. The first-order chi connectivity index (χ1) is 12.0. The minimum atomic E-state index is -0.609. The fourth-order valence-electron chi connectivity index (χ4n) is 3.25. The summed E-state index contributed by atoms with van der Waals surface area (Å²) in [5.74, 6) is -0.0415. The van der Waals surface area contributed by atoms with Gasteiger partial charge in [-0.15, -0.1) is 0 Å². The van der Waals surface area contributed by atoms with Crippen LogP contribution in [0.1, 0.15) is 25.3 Å². The zero-order chi connectivity index (χ0) is 17.9. The molecule has 1 aliphatic rings. The van der Waals surface area contributed by atoms with Gasteiger partial charge in [0.2, 0.25) is 5.91 Å². The Labute approximate surface area is 145 Å². The molecule has 1 N–H and O–H groups in total. The second-order valence-corrected chi connectivity index (χ2v) is 6.34. The van der Waals surface area contributed by atoms with Crippen molar-refractivity contribution in [3.8, 4) is 0 Å². The number of carbonyl (C=O) groups is 1. The van der Waals surface area contributed by atoms with Gasteiger partial charge in [-0.05, 0) is 37.5 Å². The molecule has 2 aromatic rings. The summed E-state index contributed by atoms with van der Waals surface area (Å²) in [4.78, 5) is 29.2. The van der Waals surface area contributed by atoms with Gasteiger partial charge in [0, 0.05) is 43.3 Å². The molecule has 1 amide bonds. The van der Waals surface area contributed by atoms with E-state index in [1.165, 1.54) is 12.1 Å². The smallest absolute Gasteiger partial charge is 0.269 e. The number of amides is 1. The first-order valence-corrected chi connectivity index (χ1v) is 8.20. The molecule has 0 aliphatic carbocycles. The minimum absolute atomic E-state index is 0.0415. The largest absolute Gasteiger partial charge is 0.357 e. The van der Waals surface area contributed by atoms with E-state index in [1.807, 2.05) is 19.1 Å².